The Balaban J connectivity index is 1.70. The lowest BCUT2D eigenvalue weighted by atomic mass is 9.97. The number of carbonyl (C=O) groups excluding carboxylic acids is 1. The van der Waals surface area contributed by atoms with Gasteiger partial charge in [0.25, 0.3) is 0 Å². The van der Waals surface area contributed by atoms with E-state index in [0.29, 0.717) is 44.4 Å². The molecule has 1 saturated heterocycles. The van der Waals surface area contributed by atoms with Gasteiger partial charge in [0.15, 0.2) is 0 Å². The maximum Gasteiger partial charge on any atom is 0.350 e. The first-order chi connectivity index (χ1) is 16.9. The van der Waals surface area contributed by atoms with Crippen molar-refractivity contribution in [1.82, 2.24) is 14.5 Å². The number of halogens is 1. The number of thioether (sulfide) groups is 1. The lowest BCUT2D eigenvalue weighted by Crippen LogP contribution is -2.49. The van der Waals surface area contributed by atoms with Crippen LogP contribution in [0.1, 0.15) is 11.6 Å². The van der Waals surface area contributed by atoms with Crippen molar-refractivity contribution in [3.05, 3.63) is 64.9 Å². The van der Waals surface area contributed by atoms with Crippen LogP contribution in [0.25, 0.3) is 22.0 Å². The van der Waals surface area contributed by atoms with Crippen LogP contribution >= 0.6 is 11.8 Å². The van der Waals surface area contributed by atoms with Crippen molar-refractivity contribution in [2.24, 2.45) is 0 Å². The van der Waals surface area contributed by atoms with Crippen molar-refractivity contribution in [3.63, 3.8) is 0 Å². The predicted molar refractivity (Wildman–Crippen MR) is 137 cm³/mol. The van der Waals surface area contributed by atoms with Gasteiger partial charge >= 0.3 is 5.69 Å². The number of anilines is 1. The molecule has 1 aromatic heterocycles. The van der Waals surface area contributed by atoms with Gasteiger partial charge in [-0.05, 0) is 42.3 Å². The summed E-state index contributed by atoms with van der Waals surface area (Å²) in [5.74, 6) is 0.941. The van der Waals surface area contributed by atoms with Gasteiger partial charge in [0.05, 0.1) is 18.2 Å². The van der Waals surface area contributed by atoms with Gasteiger partial charge in [-0.3, -0.25) is 9.36 Å². The van der Waals surface area contributed by atoms with E-state index in [0.717, 1.165) is 32.5 Å². The summed E-state index contributed by atoms with van der Waals surface area (Å²) in [6.45, 7) is 8.25. The zero-order valence-electron chi connectivity index (χ0n) is 19.8. The van der Waals surface area contributed by atoms with Gasteiger partial charge in [-0.25, -0.2) is 9.18 Å². The molecule has 35 heavy (non-hydrogen) atoms. The third-order valence-corrected chi connectivity index (χ3v) is 7.92. The Hall–Kier alpha value is -3.17. The van der Waals surface area contributed by atoms with E-state index in [1.54, 1.807) is 40.5 Å². The molecule has 0 bridgehead atoms. The number of ether oxygens (including phenoxy) is 1. The van der Waals surface area contributed by atoms with Crippen molar-refractivity contribution in [2.75, 3.05) is 50.5 Å². The number of hydrogen-bond donors (Lipinski definition) is 0. The van der Waals surface area contributed by atoms with E-state index in [1.165, 1.54) is 18.2 Å². The second-order valence-electron chi connectivity index (χ2n) is 8.83. The summed E-state index contributed by atoms with van der Waals surface area (Å²) in [4.78, 5) is 34.8. The Labute approximate surface area is 207 Å². The van der Waals surface area contributed by atoms with E-state index in [4.69, 9.17) is 4.74 Å². The number of rotatable bonds is 5. The van der Waals surface area contributed by atoms with Gasteiger partial charge in [0.2, 0.25) is 5.91 Å². The summed E-state index contributed by atoms with van der Waals surface area (Å²) >= 11 is 1.70. The Morgan fingerprint density at radius 3 is 2.63 bits per heavy atom. The van der Waals surface area contributed by atoms with Crippen LogP contribution in [0.4, 0.5) is 10.2 Å². The highest BCUT2D eigenvalue weighted by atomic mass is 32.2. The van der Waals surface area contributed by atoms with E-state index in [1.807, 2.05) is 6.92 Å². The molecule has 2 aliphatic heterocycles. The molecule has 7 nitrogen and oxygen atoms in total. The minimum absolute atomic E-state index is 0.0897. The SMILES string of the molecule is C=CC(=O)N1CCN(c2nc(=O)n3c4c(c(-c5ccc(F)cc5)c(C)cc24)SCC3COC)CC1. The third-order valence-electron chi connectivity index (χ3n) is 6.68. The summed E-state index contributed by atoms with van der Waals surface area (Å²) in [6.07, 6.45) is 1.33. The lowest BCUT2D eigenvalue weighted by Gasteiger charge is -2.36. The van der Waals surface area contributed by atoms with Crippen molar-refractivity contribution in [2.45, 2.75) is 17.9 Å². The predicted octanol–water partition coefficient (Wildman–Crippen LogP) is 3.64. The molecule has 1 atom stereocenters. The molecule has 5 rings (SSSR count). The number of benzene rings is 2. The first kappa shape index (κ1) is 23.6. The third kappa shape index (κ3) is 4.12. The number of piperazine rings is 1. The van der Waals surface area contributed by atoms with Gasteiger partial charge < -0.3 is 14.5 Å². The first-order valence-corrected chi connectivity index (χ1v) is 12.5. The van der Waals surface area contributed by atoms with Gasteiger partial charge in [0, 0.05) is 54.9 Å². The molecule has 1 amide bonds. The Kier molecular flexibility index (Phi) is 6.37. The van der Waals surface area contributed by atoms with Gasteiger partial charge in [0.1, 0.15) is 11.6 Å². The molecule has 0 spiro atoms. The normalized spacial score (nSPS) is 17.6. The molecule has 0 radical (unpaired) electrons. The van der Waals surface area contributed by atoms with Crippen LogP contribution in [-0.4, -0.2) is 66.0 Å². The van der Waals surface area contributed by atoms with Crippen LogP contribution in [0.3, 0.4) is 0 Å². The van der Waals surface area contributed by atoms with Crippen molar-refractivity contribution < 1.29 is 13.9 Å². The summed E-state index contributed by atoms with van der Waals surface area (Å²) in [7, 11) is 1.63. The Bertz CT molecular complexity index is 1360. The van der Waals surface area contributed by atoms with E-state index in [9.17, 15) is 14.0 Å². The minimum Gasteiger partial charge on any atom is -0.383 e. The fourth-order valence-corrected chi connectivity index (χ4v) is 6.39. The van der Waals surface area contributed by atoms with E-state index in [2.05, 4.69) is 22.5 Å². The van der Waals surface area contributed by atoms with Gasteiger partial charge in [-0.15, -0.1) is 11.8 Å². The van der Waals surface area contributed by atoms with Gasteiger partial charge in [-0.2, -0.15) is 4.98 Å². The molecule has 0 aliphatic carbocycles. The van der Waals surface area contributed by atoms with Crippen LogP contribution in [0, 0.1) is 12.7 Å². The second-order valence-corrected chi connectivity index (χ2v) is 9.86. The Morgan fingerprint density at radius 2 is 1.97 bits per heavy atom. The number of amides is 1. The number of methoxy groups -OCH3 is 1. The molecule has 1 unspecified atom stereocenters. The molecule has 0 saturated carbocycles. The van der Waals surface area contributed by atoms with Crippen LogP contribution in [0.2, 0.25) is 0 Å². The molecule has 3 heterocycles. The quantitative estimate of drug-likeness (QED) is 0.505. The average molecular weight is 495 g/mol. The number of nitrogens with zero attached hydrogens (tertiary/aromatic N) is 4. The number of hydrogen-bond acceptors (Lipinski definition) is 6. The van der Waals surface area contributed by atoms with Crippen molar-refractivity contribution in [1.29, 1.82) is 0 Å². The summed E-state index contributed by atoms with van der Waals surface area (Å²) in [5.41, 5.74) is 3.48. The molecular weight excluding hydrogens is 467 g/mol. The van der Waals surface area contributed by atoms with E-state index in [-0.39, 0.29) is 23.5 Å². The smallest absolute Gasteiger partial charge is 0.350 e. The standard InChI is InChI=1S/C26H27FN4O3S/c1-4-21(32)29-9-11-30(12-10-29)25-20-13-16(2)22(17-5-7-18(27)8-6-17)24-23(20)31(26(33)28-25)19(14-34-3)15-35-24/h4-8,13,19H,1,9-12,14-15H2,2-3H3. The summed E-state index contributed by atoms with van der Waals surface area (Å²) < 4.78 is 20.8. The van der Waals surface area contributed by atoms with Crippen LogP contribution in [0.5, 0.6) is 0 Å². The number of aryl methyl sites for hydroxylation is 1. The molecule has 1 fully saturated rings. The molecule has 3 aromatic rings. The monoisotopic (exact) mass is 494 g/mol. The number of carbonyl (C=O) groups is 1. The van der Waals surface area contributed by atoms with Crippen molar-refractivity contribution in [3.8, 4) is 11.1 Å². The second kappa shape index (κ2) is 9.47. The molecule has 9 heteroatoms. The fourth-order valence-electron chi connectivity index (χ4n) is 5.02. The molecular formula is C26H27FN4O3S. The zero-order valence-corrected chi connectivity index (χ0v) is 20.6. The lowest BCUT2D eigenvalue weighted by molar-refractivity contribution is -0.126. The fraction of sp³-hybridized carbons (Fsp3) is 0.346. The molecule has 182 valence electrons. The topological polar surface area (TPSA) is 67.7 Å². The highest BCUT2D eigenvalue weighted by molar-refractivity contribution is 7.99. The van der Waals surface area contributed by atoms with Crippen molar-refractivity contribution >= 4 is 34.4 Å². The van der Waals surface area contributed by atoms with Crippen LogP contribution < -0.4 is 10.6 Å². The van der Waals surface area contributed by atoms with Gasteiger partial charge in [-0.1, -0.05) is 18.7 Å². The highest BCUT2D eigenvalue weighted by Crippen LogP contribution is 2.45. The summed E-state index contributed by atoms with van der Waals surface area (Å²) in [6, 6.07) is 8.42. The molecule has 2 aromatic carbocycles. The first-order valence-electron chi connectivity index (χ1n) is 11.6. The maximum atomic E-state index is 13.7. The van der Waals surface area contributed by atoms with Crippen LogP contribution in [0.15, 0.2) is 52.7 Å². The van der Waals surface area contributed by atoms with E-state index < -0.39 is 0 Å². The van der Waals surface area contributed by atoms with Crippen LogP contribution in [-0.2, 0) is 9.53 Å². The minimum atomic E-state index is -0.311. The average Bonchev–Trinajstić information content (AvgIpc) is 2.87. The number of aromatic nitrogens is 2. The van der Waals surface area contributed by atoms with E-state index >= 15 is 0 Å². The summed E-state index contributed by atoms with van der Waals surface area (Å²) in [5, 5.41) is 0.903. The Morgan fingerprint density at radius 1 is 1.26 bits per heavy atom. The zero-order chi connectivity index (χ0) is 24.7. The molecule has 0 N–H and O–H groups in total. The maximum absolute atomic E-state index is 13.7. The molecule has 2 aliphatic rings. The highest BCUT2D eigenvalue weighted by Gasteiger charge is 2.31. The largest absolute Gasteiger partial charge is 0.383 e.